The number of aryl methyl sites for hydroxylation is 1. The second kappa shape index (κ2) is 7.00. The molecule has 7 heteroatoms. The van der Waals surface area contributed by atoms with Crippen molar-refractivity contribution in [1.29, 1.82) is 0 Å². The van der Waals surface area contributed by atoms with Crippen molar-refractivity contribution < 1.29 is 9.63 Å². The molecule has 134 valence electrons. The minimum atomic E-state index is -0.237. The van der Waals surface area contributed by atoms with Crippen molar-refractivity contribution in [2.45, 2.75) is 57.6 Å². The van der Waals surface area contributed by atoms with E-state index in [0.29, 0.717) is 12.4 Å². The molecule has 1 saturated heterocycles. The standard InChI is InChI=1S/C18H24N4O3/c23-13-6-8-21(9-7-13)17-10-18(24)22(12-19-17)11-15-14-4-2-1-3-5-16(14)25-20-15/h10,12-13,23H,1-9,11H2. The molecule has 1 fully saturated rings. The fourth-order valence-corrected chi connectivity index (χ4v) is 3.71. The summed E-state index contributed by atoms with van der Waals surface area (Å²) in [4.78, 5) is 19.0. The number of anilines is 1. The molecule has 0 unspecified atom stereocenters. The third-order valence-corrected chi connectivity index (χ3v) is 5.26. The molecule has 4 rings (SSSR count). The van der Waals surface area contributed by atoms with Crippen LogP contribution in [-0.2, 0) is 19.4 Å². The summed E-state index contributed by atoms with van der Waals surface area (Å²) in [5, 5.41) is 13.8. The largest absolute Gasteiger partial charge is 0.393 e. The zero-order valence-corrected chi connectivity index (χ0v) is 14.4. The van der Waals surface area contributed by atoms with Crippen LogP contribution in [0.4, 0.5) is 5.82 Å². The Bertz CT molecular complexity index is 790. The van der Waals surface area contributed by atoms with Gasteiger partial charge in [0, 0.05) is 31.1 Å². The van der Waals surface area contributed by atoms with Gasteiger partial charge in [-0.2, -0.15) is 0 Å². The van der Waals surface area contributed by atoms with Gasteiger partial charge in [-0.15, -0.1) is 0 Å². The lowest BCUT2D eigenvalue weighted by Gasteiger charge is -2.30. The highest BCUT2D eigenvalue weighted by Gasteiger charge is 2.20. The molecule has 0 amide bonds. The molecule has 0 radical (unpaired) electrons. The first-order chi connectivity index (χ1) is 12.2. The summed E-state index contributed by atoms with van der Waals surface area (Å²) in [6.45, 7) is 1.87. The number of aliphatic hydroxyl groups is 1. The molecule has 0 spiro atoms. The van der Waals surface area contributed by atoms with E-state index in [1.54, 1.807) is 17.0 Å². The topological polar surface area (TPSA) is 84.4 Å². The van der Waals surface area contributed by atoms with Gasteiger partial charge in [-0.05, 0) is 32.1 Å². The third-order valence-electron chi connectivity index (χ3n) is 5.26. The first-order valence-electron chi connectivity index (χ1n) is 9.16. The van der Waals surface area contributed by atoms with Crippen LogP contribution in [0.5, 0.6) is 0 Å². The average molecular weight is 344 g/mol. The molecule has 2 aromatic rings. The maximum atomic E-state index is 12.5. The molecule has 3 heterocycles. The van der Waals surface area contributed by atoms with E-state index in [9.17, 15) is 9.90 Å². The predicted molar refractivity (Wildman–Crippen MR) is 92.8 cm³/mol. The van der Waals surface area contributed by atoms with Gasteiger partial charge in [-0.1, -0.05) is 11.6 Å². The molecule has 0 bridgehead atoms. The second-order valence-electron chi connectivity index (χ2n) is 7.02. The Hall–Kier alpha value is -2.15. The van der Waals surface area contributed by atoms with Crippen molar-refractivity contribution in [3.8, 4) is 0 Å². The Morgan fingerprint density at radius 2 is 2.00 bits per heavy atom. The summed E-state index contributed by atoms with van der Waals surface area (Å²) in [5.41, 5.74) is 1.95. The zero-order valence-electron chi connectivity index (χ0n) is 14.4. The molecule has 25 heavy (non-hydrogen) atoms. The highest BCUT2D eigenvalue weighted by molar-refractivity contribution is 5.37. The van der Waals surface area contributed by atoms with Crippen LogP contribution in [0, 0.1) is 0 Å². The van der Waals surface area contributed by atoms with E-state index in [-0.39, 0.29) is 11.7 Å². The van der Waals surface area contributed by atoms with E-state index in [2.05, 4.69) is 15.0 Å². The average Bonchev–Trinajstić information content (AvgIpc) is 2.84. The van der Waals surface area contributed by atoms with E-state index >= 15 is 0 Å². The molecular weight excluding hydrogens is 320 g/mol. The second-order valence-corrected chi connectivity index (χ2v) is 7.02. The van der Waals surface area contributed by atoms with E-state index in [1.807, 2.05) is 0 Å². The molecule has 0 atom stereocenters. The van der Waals surface area contributed by atoms with E-state index in [4.69, 9.17) is 4.52 Å². The van der Waals surface area contributed by atoms with Crippen molar-refractivity contribution in [1.82, 2.24) is 14.7 Å². The van der Waals surface area contributed by atoms with Gasteiger partial charge in [-0.25, -0.2) is 4.98 Å². The minimum Gasteiger partial charge on any atom is -0.393 e. The SMILES string of the molecule is O=c1cc(N2CCC(O)CC2)ncn1Cc1noc2c1CCCCC2. The zero-order chi connectivity index (χ0) is 17.2. The number of aliphatic hydroxyl groups excluding tert-OH is 1. The van der Waals surface area contributed by atoms with Gasteiger partial charge in [0.25, 0.3) is 5.56 Å². The van der Waals surface area contributed by atoms with Crippen molar-refractivity contribution in [2.24, 2.45) is 0 Å². The van der Waals surface area contributed by atoms with Crippen LogP contribution in [0.25, 0.3) is 0 Å². The van der Waals surface area contributed by atoms with Crippen molar-refractivity contribution >= 4 is 5.82 Å². The molecule has 2 aromatic heterocycles. The molecule has 0 saturated carbocycles. The van der Waals surface area contributed by atoms with Crippen LogP contribution >= 0.6 is 0 Å². The van der Waals surface area contributed by atoms with E-state index in [0.717, 1.165) is 63.1 Å². The van der Waals surface area contributed by atoms with Crippen LogP contribution in [-0.4, -0.2) is 39.0 Å². The van der Waals surface area contributed by atoms with Crippen LogP contribution in [0.1, 0.15) is 49.1 Å². The van der Waals surface area contributed by atoms with Crippen molar-refractivity contribution in [3.05, 3.63) is 39.8 Å². The van der Waals surface area contributed by atoms with Crippen molar-refractivity contribution in [2.75, 3.05) is 18.0 Å². The molecular formula is C18H24N4O3. The fraction of sp³-hybridized carbons (Fsp3) is 0.611. The molecule has 2 aliphatic rings. The highest BCUT2D eigenvalue weighted by Crippen LogP contribution is 2.24. The first kappa shape index (κ1) is 16.3. The summed E-state index contributed by atoms with van der Waals surface area (Å²) in [7, 11) is 0. The van der Waals surface area contributed by atoms with Crippen LogP contribution < -0.4 is 10.5 Å². The highest BCUT2D eigenvalue weighted by atomic mass is 16.5. The Labute approximate surface area is 146 Å². The Kier molecular flexibility index (Phi) is 4.57. The number of nitrogens with zero attached hydrogens (tertiary/aromatic N) is 4. The van der Waals surface area contributed by atoms with Gasteiger partial charge in [0.15, 0.2) is 0 Å². The normalized spacial score (nSPS) is 18.8. The summed E-state index contributed by atoms with van der Waals surface area (Å²) >= 11 is 0. The lowest BCUT2D eigenvalue weighted by molar-refractivity contribution is 0.145. The fourth-order valence-electron chi connectivity index (χ4n) is 3.71. The summed E-state index contributed by atoms with van der Waals surface area (Å²) < 4.78 is 7.08. The summed E-state index contributed by atoms with van der Waals surface area (Å²) in [6, 6.07) is 1.58. The lowest BCUT2D eigenvalue weighted by Crippen LogP contribution is -2.37. The number of hydrogen-bond acceptors (Lipinski definition) is 6. The lowest BCUT2D eigenvalue weighted by atomic mass is 10.1. The summed E-state index contributed by atoms with van der Waals surface area (Å²) in [6.07, 6.45) is 8.21. The Morgan fingerprint density at radius 3 is 2.80 bits per heavy atom. The molecule has 1 aliphatic carbocycles. The quantitative estimate of drug-likeness (QED) is 0.850. The maximum absolute atomic E-state index is 12.5. The molecule has 0 aromatic carbocycles. The molecule has 1 aliphatic heterocycles. The van der Waals surface area contributed by atoms with Gasteiger partial charge in [0.1, 0.15) is 23.6 Å². The van der Waals surface area contributed by atoms with E-state index in [1.165, 1.54) is 12.0 Å². The Balaban J connectivity index is 1.52. The summed E-state index contributed by atoms with van der Waals surface area (Å²) in [5.74, 6) is 1.67. The number of hydrogen-bond donors (Lipinski definition) is 1. The van der Waals surface area contributed by atoms with Gasteiger partial charge < -0.3 is 14.5 Å². The smallest absolute Gasteiger partial charge is 0.255 e. The number of piperidine rings is 1. The molecule has 1 N–H and O–H groups in total. The van der Waals surface area contributed by atoms with Gasteiger partial charge in [-0.3, -0.25) is 9.36 Å². The van der Waals surface area contributed by atoms with Crippen molar-refractivity contribution in [3.63, 3.8) is 0 Å². The number of rotatable bonds is 3. The van der Waals surface area contributed by atoms with Gasteiger partial charge in [0.05, 0.1) is 12.6 Å². The van der Waals surface area contributed by atoms with Gasteiger partial charge >= 0.3 is 0 Å². The van der Waals surface area contributed by atoms with Gasteiger partial charge in [0.2, 0.25) is 0 Å². The predicted octanol–water partition coefficient (Wildman–Crippen LogP) is 1.51. The van der Waals surface area contributed by atoms with Crippen LogP contribution in [0.3, 0.4) is 0 Å². The van der Waals surface area contributed by atoms with Crippen LogP contribution in [0.15, 0.2) is 21.7 Å². The maximum Gasteiger partial charge on any atom is 0.255 e. The Morgan fingerprint density at radius 1 is 1.20 bits per heavy atom. The van der Waals surface area contributed by atoms with Crippen LogP contribution in [0.2, 0.25) is 0 Å². The monoisotopic (exact) mass is 344 g/mol. The number of aromatic nitrogens is 3. The first-order valence-corrected chi connectivity index (χ1v) is 9.16. The van der Waals surface area contributed by atoms with E-state index < -0.39 is 0 Å². The number of fused-ring (bicyclic) bond motifs is 1. The minimum absolute atomic E-state index is 0.0820. The third kappa shape index (κ3) is 3.46. The molecule has 7 nitrogen and oxygen atoms in total.